The van der Waals surface area contributed by atoms with Gasteiger partial charge in [-0.25, -0.2) is 13.2 Å². The third kappa shape index (κ3) is 9.61. The average Bonchev–Trinajstić information content (AvgIpc) is 2.92. The molecule has 0 aliphatic carbocycles. The molecule has 0 aromatic carbocycles. The van der Waals surface area contributed by atoms with Gasteiger partial charge in [-0.15, -0.1) is 5.06 Å². The molecule has 1 heterocycles. The van der Waals surface area contributed by atoms with Crippen molar-refractivity contribution in [3.8, 4) is 0 Å². The van der Waals surface area contributed by atoms with E-state index in [2.05, 4.69) is 10.2 Å². The van der Waals surface area contributed by atoms with Crippen LogP contribution < -0.4 is 40.2 Å². The maximum Gasteiger partial charge on any atom is 1.00 e. The van der Waals surface area contributed by atoms with Crippen molar-refractivity contribution in [3.05, 3.63) is 0 Å². The van der Waals surface area contributed by atoms with Crippen LogP contribution in [0.4, 0.5) is 0 Å². The fourth-order valence-corrected chi connectivity index (χ4v) is 3.31. The van der Waals surface area contributed by atoms with Crippen LogP contribution in [0.25, 0.3) is 0 Å². The van der Waals surface area contributed by atoms with Gasteiger partial charge in [0, 0.05) is 25.8 Å². The molecule has 0 aromatic rings. The first-order chi connectivity index (χ1) is 14.2. The summed E-state index contributed by atoms with van der Waals surface area (Å²) in [4.78, 5) is 85.0. The molecule has 0 aromatic heterocycles. The summed E-state index contributed by atoms with van der Waals surface area (Å²) in [5, 5.41) is 1.32. The quantitative estimate of drug-likeness (QED) is 0.136. The zero-order chi connectivity index (χ0) is 23.9. The standard InChI is InChI=1S/C14H18N4O11S2.Na/c1-7(19)17(30-8(2)20)6-11(22)15-4-10(21)16-5-13(24)29-18-12(23)3-9(14(18)25)31(26,27)28;/h9H,3-6H2,1-2H3,(H,15,22)(H,16,21)(H,26,27,28);/q;+1/p-1. The Morgan fingerprint density at radius 2 is 1.69 bits per heavy atom. The Morgan fingerprint density at radius 3 is 2.16 bits per heavy atom. The van der Waals surface area contributed by atoms with Gasteiger partial charge in [-0.2, -0.15) is 0 Å². The Hall–Kier alpha value is -2.05. The molecule has 172 valence electrons. The molecule has 1 rings (SSSR count). The van der Waals surface area contributed by atoms with Gasteiger partial charge in [-0.1, -0.05) is 0 Å². The molecule has 1 unspecified atom stereocenters. The van der Waals surface area contributed by atoms with Gasteiger partial charge in [0.25, 0.3) is 11.8 Å². The number of hydrogen-bond donors (Lipinski definition) is 2. The first-order valence-electron chi connectivity index (χ1n) is 8.24. The SMILES string of the molecule is CC(=O)SN(CC(=O)NCC(=O)NCC(=O)ON1C(=O)CC(S(=O)(=O)[O-])C1=O)C(C)=O.[Na+]. The fraction of sp³-hybridized carbons (Fsp3) is 0.500. The summed E-state index contributed by atoms with van der Waals surface area (Å²) in [6.07, 6.45) is -0.977. The molecule has 0 radical (unpaired) electrons. The van der Waals surface area contributed by atoms with Gasteiger partial charge in [-0.3, -0.25) is 33.1 Å². The maximum absolute atomic E-state index is 11.7. The van der Waals surface area contributed by atoms with E-state index in [1.54, 1.807) is 0 Å². The van der Waals surface area contributed by atoms with Gasteiger partial charge in [0.2, 0.25) is 22.8 Å². The number of imide groups is 1. The number of nitrogens with one attached hydrogen (secondary N) is 2. The van der Waals surface area contributed by atoms with E-state index in [-0.39, 0.29) is 34.6 Å². The molecule has 5 amide bonds. The zero-order valence-corrected chi connectivity index (χ0v) is 20.7. The van der Waals surface area contributed by atoms with Crippen LogP contribution in [0.5, 0.6) is 0 Å². The zero-order valence-electron chi connectivity index (χ0n) is 17.1. The van der Waals surface area contributed by atoms with Gasteiger partial charge in [0.15, 0.2) is 0 Å². The minimum Gasteiger partial charge on any atom is -0.747 e. The van der Waals surface area contributed by atoms with Gasteiger partial charge < -0.3 is 20.0 Å². The number of carbonyl (C=O) groups is 7. The van der Waals surface area contributed by atoms with E-state index < -0.39 is 82.0 Å². The number of rotatable bonds is 8. The molecule has 1 aliphatic heterocycles. The van der Waals surface area contributed by atoms with E-state index in [0.29, 0.717) is 11.9 Å². The van der Waals surface area contributed by atoms with Gasteiger partial charge >= 0.3 is 35.5 Å². The molecule has 18 heteroatoms. The summed E-state index contributed by atoms with van der Waals surface area (Å²) in [6.45, 7) is 0.318. The largest absolute Gasteiger partial charge is 1.00 e. The van der Waals surface area contributed by atoms with Crippen molar-refractivity contribution in [3.63, 3.8) is 0 Å². The molecule has 1 atom stereocenters. The molecule has 1 aliphatic rings. The van der Waals surface area contributed by atoms with Gasteiger partial charge in [-0.05, 0) is 0 Å². The van der Waals surface area contributed by atoms with Crippen LogP contribution in [0.1, 0.15) is 20.3 Å². The molecular weight excluding hydrogens is 487 g/mol. The van der Waals surface area contributed by atoms with Crippen LogP contribution in [0.3, 0.4) is 0 Å². The summed E-state index contributed by atoms with van der Waals surface area (Å²) in [5.74, 6) is -6.31. The second kappa shape index (κ2) is 12.9. The normalized spacial score (nSPS) is 15.5. The minimum atomic E-state index is -5.12. The first-order valence-corrected chi connectivity index (χ1v) is 10.5. The minimum absolute atomic E-state index is 0. The van der Waals surface area contributed by atoms with E-state index in [1.165, 1.54) is 6.92 Å². The smallest absolute Gasteiger partial charge is 0.747 e. The van der Waals surface area contributed by atoms with Gasteiger partial charge in [0.1, 0.15) is 28.5 Å². The molecule has 2 N–H and O–H groups in total. The summed E-state index contributed by atoms with van der Waals surface area (Å²) >= 11 is 0.507. The van der Waals surface area contributed by atoms with Crippen LogP contribution in [0.15, 0.2) is 0 Å². The second-order valence-corrected chi connectivity index (χ2v) is 8.62. The summed E-state index contributed by atoms with van der Waals surface area (Å²) in [5.41, 5.74) is 0. The van der Waals surface area contributed by atoms with E-state index in [4.69, 9.17) is 0 Å². The molecule has 0 spiro atoms. The van der Waals surface area contributed by atoms with Crippen molar-refractivity contribution in [2.75, 3.05) is 19.6 Å². The van der Waals surface area contributed by atoms with E-state index in [0.717, 1.165) is 11.2 Å². The number of carbonyl (C=O) groups excluding carboxylic acids is 7. The Morgan fingerprint density at radius 1 is 1.12 bits per heavy atom. The van der Waals surface area contributed by atoms with Crippen molar-refractivity contribution in [2.45, 2.75) is 25.5 Å². The molecule has 1 saturated heterocycles. The van der Waals surface area contributed by atoms with Crippen molar-refractivity contribution >= 4 is 62.7 Å². The van der Waals surface area contributed by atoms with E-state index >= 15 is 0 Å². The Kier molecular flexibility index (Phi) is 12.0. The molecule has 0 saturated carbocycles. The Bertz CT molecular complexity index is 924. The number of hydroxylamine groups is 2. The predicted octanol–water partition coefficient (Wildman–Crippen LogP) is -6.60. The Labute approximate surface area is 208 Å². The third-order valence-corrected chi connectivity index (χ3v) is 5.29. The average molecular weight is 504 g/mol. The first kappa shape index (κ1) is 29.9. The fourth-order valence-electron chi connectivity index (χ4n) is 2.00. The molecular formula is C14H17N4NaO11S2. The van der Waals surface area contributed by atoms with Crippen LogP contribution in [0.2, 0.25) is 0 Å². The molecule has 0 bridgehead atoms. The summed E-state index contributed by atoms with van der Waals surface area (Å²) in [7, 11) is -5.12. The molecule has 15 nitrogen and oxygen atoms in total. The number of amides is 5. The number of nitrogens with zero attached hydrogens (tertiary/aromatic N) is 2. The van der Waals surface area contributed by atoms with Crippen LogP contribution in [-0.4, -0.2) is 87.8 Å². The maximum atomic E-state index is 11.7. The summed E-state index contributed by atoms with van der Waals surface area (Å²) in [6, 6.07) is 0. The van der Waals surface area contributed by atoms with Crippen molar-refractivity contribution in [1.82, 2.24) is 20.0 Å². The van der Waals surface area contributed by atoms with Crippen molar-refractivity contribution < 1.29 is 80.9 Å². The van der Waals surface area contributed by atoms with Crippen molar-refractivity contribution in [1.29, 1.82) is 0 Å². The van der Waals surface area contributed by atoms with Crippen LogP contribution in [-0.2, 0) is 48.5 Å². The monoisotopic (exact) mass is 504 g/mol. The van der Waals surface area contributed by atoms with Crippen LogP contribution in [0, 0.1) is 0 Å². The van der Waals surface area contributed by atoms with E-state index in [9.17, 15) is 46.5 Å². The summed E-state index contributed by atoms with van der Waals surface area (Å²) < 4.78 is 33.5. The third-order valence-electron chi connectivity index (χ3n) is 3.36. The second-order valence-electron chi connectivity index (χ2n) is 5.87. The predicted molar refractivity (Wildman–Crippen MR) is 97.7 cm³/mol. The molecule has 32 heavy (non-hydrogen) atoms. The van der Waals surface area contributed by atoms with Gasteiger partial charge in [0.05, 0.1) is 13.0 Å². The topological polar surface area (TPSA) is 216 Å². The molecule has 1 fully saturated rings. The number of hydrogen-bond acceptors (Lipinski definition) is 12. The Balaban J connectivity index is 0.00000961. The van der Waals surface area contributed by atoms with E-state index in [1.807, 2.05) is 5.32 Å². The van der Waals surface area contributed by atoms with Crippen molar-refractivity contribution in [2.24, 2.45) is 0 Å². The van der Waals surface area contributed by atoms with Crippen LogP contribution >= 0.6 is 11.9 Å².